The van der Waals surface area contributed by atoms with Crippen molar-refractivity contribution in [2.45, 2.75) is 49.6 Å². The molecule has 6 nitrogen and oxygen atoms in total. The van der Waals surface area contributed by atoms with Crippen LogP contribution in [0, 0.1) is 23.2 Å². The van der Waals surface area contributed by atoms with E-state index in [0.29, 0.717) is 24.6 Å². The second-order valence-electron chi connectivity index (χ2n) is 7.98. The zero-order chi connectivity index (χ0) is 20.3. The van der Waals surface area contributed by atoms with Crippen LogP contribution in [0.3, 0.4) is 0 Å². The van der Waals surface area contributed by atoms with Gasteiger partial charge in [-0.25, -0.2) is 12.8 Å². The average molecular weight is 410 g/mol. The van der Waals surface area contributed by atoms with Crippen LogP contribution in [0.5, 0.6) is 5.75 Å². The third-order valence-electron chi connectivity index (χ3n) is 5.91. The standard InChI is InChI=1S/C20H28FN3O3S/c1-15-12-23(14-22)9-10-24(15)17-5-3-16(4-6-17)13-27-20-8-7-18(11-19(20)21)28(2,25)26/h7-8,11,15-17H,3-6,9-10,12-13H2,1-2H3/t15-,16?,17?/m0/s1. The smallest absolute Gasteiger partial charge is 0.179 e. The van der Waals surface area contributed by atoms with Gasteiger partial charge < -0.3 is 9.64 Å². The predicted molar refractivity (Wildman–Crippen MR) is 104 cm³/mol. The molecule has 0 amide bonds. The lowest BCUT2D eigenvalue weighted by Crippen LogP contribution is -2.54. The molecular weight excluding hydrogens is 381 g/mol. The van der Waals surface area contributed by atoms with Crippen molar-refractivity contribution in [3.8, 4) is 11.9 Å². The first-order valence-corrected chi connectivity index (χ1v) is 11.7. The second-order valence-corrected chi connectivity index (χ2v) is 10.00. The Hall–Kier alpha value is -1.85. The third kappa shape index (κ3) is 4.95. The molecule has 3 rings (SSSR count). The summed E-state index contributed by atoms with van der Waals surface area (Å²) in [6.07, 6.45) is 7.52. The zero-order valence-corrected chi connectivity index (χ0v) is 17.3. The molecule has 0 spiro atoms. The van der Waals surface area contributed by atoms with Gasteiger partial charge >= 0.3 is 0 Å². The molecule has 1 aromatic carbocycles. The lowest BCUT2D eigenvalue weighted by atomic mass is 9.85. The van der Waals surface area contributed by atoms with Gasteiger partial charge in [0.15, 0.2) is 27.6 Å². The van der Waals surface area contributed by atoms with E-state index in [1.807, 2.05) is 4.90 Å². The Balaban J connectivity index is 1.48. The number of benzene rings is 1. The number of halogens is 1. The molecule has 2 aliphatic rings. The SMILES string of the molecule is C[C@H]1CN(C#N)CCN1C1CCC(COc2ccc(S(C)(=O)=O)cc2F)CC1. The first-order chi connectivity index (χ1) is 13.3. The van der Waals surface area contributed by atoms with Crippen molar-refractivity contribution in [3.63, 3.8) is 0 Å². The van der Waals surface area contributed by atoms with Crippen LogP contribution in [0.1, 0.15) is 32.6 Å². The summed E-state index contributed by atoms with van der Waals surface area (Å²) in [5.41, 5.74) is 0. The highest BCUT2D eigenvalue weighted by Gasteiger charge is 2.32. The fourth-order valence-corrected chi connectivity index (χ4v) is 4.92. The fraction of sp³-hybridized carbons (Fsp3) is 0.650. The van der Waals surface area contributed by atoms with E-state index in [9.17, 15) is 12.8 Å². The van der Waals surface area contributed by atoms with Gasteiger partial charge in [-0.3, -0.25) is 4.90 Å². The van der Waals surface area contributed by atoms with E-state index in [1.54, 1.807) is 0 Å². The Kier molecular flexibility index (Phi) is 6.46. The summed E-state index contributed by atoms with van der Waals surface area (Å²) in [7, 11) is -3.43. The van der Waals surface area contributed by atoms with Crippen molar-refractivity contribution in [1.82, 2.24) is 9.80 Å². The fourth-order valence-electron chi connectivity index (χ4n) is 4.29. The van der Waals surface area contributed by atoms with Crippen molar-refractivity contribution in [3.05, 3.63) is 24.0 Å². The number of hydrogen-bond acceptors (Lipinski definition) is 6. The largest absolute Gasteiger partial charge is 0.490 e. The predicted octanol–water partition coefficient (Wildman–Crippen LogP) is 2.65. The Morgan fingerprint density at radius 3 is 2.54 bits per heavy atom. The van der Waals surface area contributed by atoms with Crippen LogP contribution in [-0.4, -0.2) is 62.8 Å². The second kappa shape index (κ2) is 8.66. The van der Waals surface area contributed by atoms with Crippen LogP contribution >= 0.6 is 0 Å². The maximum absolute atomic E-state index is 14.1. The highest BCUT2D eigenvalue weighted by molar-refractivity contribution is 7.90. The number of rotatable bonds is 5. The topological polar surface area (TPSA) is 73.6 Å². The van der Waals surface area contributed by atoms with Crippen molar-refractivity contribution in [2.24, 2.45) is 5.92 Å². The molecule has 0 aromatic heterocycles. The van der Waals surface area contributed by atoms with Crippen molar-refractivity contribution >= 4 is 9.84 Å². The Morgan fingerprint density at radius 2 is 1.96 bits per heavy atom. The lowest BCUT2D eigenvalue weighted by molar-refractivity contribution is 0.0427. The molecule has 1 saturated heterocycles. The summed E-state index contributed by atoms with van der Waals surface area (Å²) >= 11 is 0. The van der Waals surface area contributed by atoms with Crippen molar-refractivity contribution in [1.29, 1.82) is 5.26 Å². The van der Waals surface area contributed by atoms with Crippen LogP contribution in [0.15, 0.2) is 23.1 Å². The minimum Gasteiger partial charge on any atom is -0.490 e. The quantitative estimate of drug-likeness (QED) is 0.696. The summed E-state index contributed by atoms with van der Waals surface area (Å²) in [4.78, 5) is 4.31. The number of nitriles is 1. The minimum absolute atomic E-state index is 0.0385. The van der Waals surface area contributed by atoms with Gasteiger partial charge in [0.2, 0.25) is 0 Å². The van der Waals surface area contributed by atoms with E-state index in [4.69, 9.17) is 10.00 Å². The molecule has 28 heavy (non-hydrogen) atoms. The Labute approximate surface area is 166 Å². The summed E-state index contributed by atoms with van der Waals surface area (Å²) in [5, 5.41) is 9.05. The molecule has 8 heteroatoms. The van der Waals surface area contributed by atoms with Gasteiger partial charge in [0, 0.05) is 38.0 Å². The van der Waals surface area contributed by atoms with Gasteiger partial charge in [-0.05, 0) is 56.7 Å². The van der Waals surface area contributed by atoms with Crippen LogP contribution in [0.2, 0.25) is 0 Å². The van der Waals surface area contributed by atoms with E-state index in [2.05, 4.69) is 18.0 Å². The molecule has 0 N–H and O–H groups in total. The summed E-state index contributed by atoms with van der Waals surface area (Å²) in [6.45, 7) is 5.15. The molecule has 1 aromatic rings. The lowest BCUT2D eigenvalue weighted by Gasteiger charge is -2.44. The molecule has 154 valence electrons. The zero-order valence-electron chi connectivity index (χ0n) is 16.5. The molecule has 1 saturated carbocycles. The number of piperazine rings is 1. The Bertz CT molecular complexity index is 832. The number of sulfone groups is 1. The van der Waals surface area contributed by atoms with E-state index in [-0.39, 0.29) is 10.6 Å². The summed E-state index contributed by atoms with van der Waals surface area (Å²) in [6, 6.07) is 4.72. The van der Waals surface area contributed by atoms with E-state index < -0.39 is 15.7 Å². The molecule has 0 unspecified atom stereocenters. The third-order valence-corrected chi connectivity index (χ3v) is 7.02. The van der Waals surface area contributed by atoms with Gasteiger partial charge in [-0.15, -0.1) is 0 Å². The molecule has 2 fully saturated rings. The van der Waals surface area contributed by atoms with Crippen molar-refractivity contribution in [2.75, 3.05) is 32.5 Å². The van der Waals surface area contributed by atoms with Gasteiger partial charge in [0.05, 0.1) is 11.5 Å². The number of nitrogens with zero attached hydrogens (tertiary/aromatic N) is 3. The molecule has 1 aliphatic heterocycles. The van der Waals surface area contributed by atoms with Gasteiger partial charge in [-0.1, -0.05) is 0 Å². The van der Waals surface area contributed by atoms with Crippen LogP contribution < -0.4 is 4.74 Å². The molecular formula is C20H28FN3O3S. The normalized spacial score (nSPS) is 26.6. The summed E-state index contributed by atoms with van der Waals surface area (Å²) < 4.78 is 42.8. The van der Waals surface area contributed by atoms with Gasteiger partial charge in [0.1, 0.15) is 0 Å². The van der Waals surface area contributed by atoms with E-state index in [0.717, 1.165) is 57.6 Å². The molecule has 0 radical (unpaired) electrons. The molecule has 1 heterocycles. The maximum Gasteiger partial charge on any atom is 0.179 e. The van der Waals surface area contributed by atoms with Gasteiger partial charge in [-0.2, -0.15) is 5.26 Å². The molecule has 1 atom stereocenters. The first-order valence-electron chi connectivity index (χ1n) is 9.80. The van der Waals surface area contributed by atoms with Gasteiger partial charge in [0.25, 0.3) is 0 Å². The van der Waals surface area contributed by atoms with Crippen LogP contribution in [0.25, 0.3) is 0 Å². The summed E-state index contributed by atoms with van der Waals surface area (Å²) in [5.74, 6) is -0.155. The average Bonchev–Trinajstić information content (AvgIpc) is 2.66. The Morgan fingerprint density at radius 1 is 1.25 bits per heavy atom. The number of hydrogen-bond donors (Lipinski definition) is 0. The molecule has 1 aliphatic carbocycles. The van der Waals surface area contributed by atoms with Crippen molar-refractivity contribution < 1.29 is 17.5 Å². The molecule has 0 bridgehead atoms. The van der Waals surface area contributed by atoms with E-state index >= 15 is 0 Å². The van der Waals surface area contributed by atoms with E-state index in [1.165, 1.54) is 12.1 Å². The maximum atomic E-state index is 14.1. The minimum atomic E-state index is -3.43. The van der Waals surface area contributed by atoms with Crippen LogP contribution in [0.4, 0.5) is 4.39 Å². The highest BCUT2D eigenvalue weighted by atomic mass is 32.2. The highest BCUT2D eigenvalue weighted by Crippen LogP contribution is 2.31. The monoisotopic (exact) mass is 409 g/mol. The number of ether oxygens (including phenoxy) is 1. The van der Waals surface area contributed by atoms with Crippen LogP contribution in [-0.2, 0) is 9.84 Å². The first kappa shape index (κ1) is 20.9.